The summed E-state index contributed by atoms with van der Waals surface area (Å²) in [5.74, 6) is 0.477. The maximum absolute atomic E-state index is 9.72. The average Bonchev–Trinajstić information content (AvgIpc) is 2.94. The van der Waals surface area contributed by atoms with E-state index < -0.39 is 0 Å². The van der Waals surface area contributed by atoms with Gasteiger partial charge in [-0.05, 0) is 42.5 Å². The summed E-state index contributed by atoms with van der Waals surface area (Å²) in [5.41, 5.74) is 2.40. The molecule has 0 amide bonds. The van der Waals surface area contributed by atoms with Crippen LogP contribution in [0.15, 0.2) is 47.0 Å². The molecule has 0 atom stereocenters. The molecule has 0 bridgehead atoms. The molecule has 0 unspecified atom stereocenters. The maximum atomic E-state index is 9.72. The van der Waals surface area contributed by atoms with E-state index >= 15 is 0 Å². The first kappa shape index (κ1) is 15.4. The molecule has 2 aromatic carbocycles. The van der Waals surface area contributed by atoms with Crippen molar-refractivity contribution in [2.24, 2.45) is 0 Å². The molecular formula is C16H10Cl3NO2. The average molecular weight is 355 g/mol. The van der Waals surface area contributed by atoms with Crippen molar-refractivity contribution in [1.29, 1.82) is 0 Å². The van der Waals surface area contributed by atoms with Gasteiger partial charge in [-0.15, -0.1) is 0 Å². The zero-order chi connectivity index (χ0) is 15.7. The van der Waals surface area contributed by atoms with E-state index in [-0.39, 0.29) is 6.61 Å². The molecular weight excluding hydrogens is 345 g/mol. The number of hydrogen-bond acceptors (Lipinski definition) is 3. The van der Waals surface area contributed by atoms with Crippen LogP contribution < -0.4 is 0 Å². The number of aliphatic hydroxyl groups excluding tert-OH is 1. The monoisotopic (exact) mass is 353 g/mol. The summed E-state index contributed by atoms with van der Waals surface area (Å²) in [6.45, 7) is -0.236. The molecule has 0 saturated carbocycles. The number of benzene rings is 2. The van der Waals surface area contributed by atoms with Crippen LogP contribution in [0.1, 0.15) is 5.56 Å². The van der Waals surface area contributed by atoms with Crippen molar-refractivity contribution < 1.29 is 9.63 Å². The van der Waals surface area contributed by atoms with Gasteiger partial charge >= 0.3 is 0 Å². The van der Waals surface area contributed by atoms with Crippen LogP contribution >= 0.6 is 34.8 Å². The van der Waals surface area contributed by atoms with Gasteiger partial charge in [0.25, 0.3) is 0 Å². The Hall–Kier alpha value is -1.52. The number of nitrogens with zero attached hydrogens (tertiary/aromatic N) is 1. The van der Waals surface area contributed by atoms with Gasteiger partial charge in [-0.25, -0.2) is 0 Å². The van der Waals surface area contributed by atoms with Crippen LogP contribution in [-0.4, -0.2) is 10.3 Å². The highest BCUT2D eigenvalue weighted by molar-refractivity contribution is 6.35. The van der Waals surface area contributed by atoms with Crippen molar-refractivity contribution in [3.05, 3.63) is 63.1 Å². The summed E-state index contributed by atoms with van der Waals surface area (Å²) >= 11 is 18.1. The fourth-order valence-corrected chi connectivity index (χ4v) is 2.68. The third-order valence-corrected chi connectivity index (χ3v) is 4.05. The van der Waals surface area contributed by atoms with Gasteiger partial charge in [0.15, 0.2) is 5.76 Å². The van der Waals surface area contributed by atoms with E-state index in [2.05, 4.69) is 5.16 Å². The highest BCUT2D eigenvalue weighted by atomic mass is 35.5. The minimum Gasteiger partial charge on any atom is -0.391 e. The topological polar surface area (TPSA) is 46.3 Å². The quantitative estimate of drug-likeness (QED) is 0.679. The molecule has 0 saturated heterocycles. The molecule has 1 aromatic heterocycles. The molecule has 3 nitrogen and oxygen atoms in total. The molecule has 0 fully saturated rings. The van der Waals surface area contributed by atoms with Crippen LogP contribution in [-0.2, 0) is 6.61 Å². The fraction of sp³-hybridized carbons (Fsp3) is 0.0625. The smallest absolute Gasteiger partial charge is 0.173 e. The Kier molecular flexibility index (Phi) is 4.41. The number of aromatic nitrogens is 1. The molecule has 3 rings (SSSR count). The minimum atomic E-state index is -0.236. The standard InChI is InChI=1S/C16H10Cl3NO2/c17-10-3-1-9(2-4-10)16-13(8-21)15(20-22-16)12-7-11(18)5-6-14(12)19/h1-7,21H,8H2. The lowest BCUT2D eigenvalue weighted by atomic mass is 10.0. The summed E-state index contributed by atoms with van der Waals surface area (Å²) in [6.07, 6.45) is 0. The second-order valence-electron chi connectivity index (χ2n) is 4.63. The summed E-state index contributed by atoms with van der Waals surface area (Å²) < 4.78 is 5.41. The summed E-state index contributed by atoms with van der Waals surface area (Å²) in [5, 5.41) is 15.4. The molecule has 0 spiro atoms. The van der Waals surface area contributed by atoms with Gasteiger partial charge in [0.05, 0.1) is 17.2 Å². The van der Waals surface area contributed by atoms with Crippen molar-refractivity contribution in [1.82, 2.24) is 5.16 Å². The highest BCUT2D eigenvalue weighted by Crippen LogP contribution is 2.37. The van der Waals surface area contributed by atoms with Gasteiger partial charge < -0.3 is 9.63 Å². The molecule has 0 radical (unpaired) electrons. The van der Waals surface area contributed by atoms with E-state index in [9.17, 15) is 5.11 Å². The van der Waals surface area contributed by atoms with Crippen molar-refractivity contribution in [3.63, 3.8) is 0 Å². The van der Waals surface area contributed by atoms with Gasteiger partial charge in [0.2, 0.25) is 0 Å². The molecule has 3 aromatic rings. The SMILES string of the molecule is OCc1c(-c2cc(Cl)ccc2Cl)noc1-c1ccc(Cl)cc1. The van der Waals surface area contributed by atoms with Crippen molar-refractivity contribution in [2.75, 3.05) is 0 Å². The van der Waals surface area contributed by atoms with Gasteiger partial charge in [0.1, 0.15) is 5.69 Å². The first-order valence-corrected chi connectivity index (χ1v) is 7.54. The Morgan fingerprint density at radius 2 is 1.64 bits per heavy atom. The van der Waals surface area contributed by atoms with Gasteiger partial charge in [-0.3, -0.25) is 0 Å². The molecule has 1 heterocycles. The molecule has 22 heavy (non-hydrogen) atoms. The van der Waals surface area contributed by atoms with Crippen LogP contribution in [0.2, 0.25) is 15.1 Å². The molecule has 0 aliphatic carbocycles. The predicted molar refractivity (Wildman–Crippen MR) is 88.3 cm³/mol. The Morgan fingerprint density at radius 1 is 0.955 bits per heavy atom. The molecule has 1 N–H and O–H groups in total. The van der Waals surface area contributed by atoms with E-state index in [4.69, 9.17) is 39.3 Å². The van der Waals surface area contributed by atoms with Crippen LogP contribution in [0.4, 0.5) is 0 Å². The second kappa shape index (κ2) is 6.31. The van der Waals surface area contributed by atoms with E-state index in [1.54, 1.807) is 42.5 Å². The summed E-state index contributed by atoms with van der Waals surface area (Å²) in [4.78, 5) is 0. The van der Waals surface area contributed by atoms with Crippen LogP contribution in [0.3, 0.4) is 0 Å². The first-order chi connectivity index (χ1) is 10.6. The molecule has 0 aliphatic heterocycles. The van der Waals surface area contributed by atoms with Crippen LogP contribution in [0, 0.1) is 0 Å². The van der Waals surface area contributed by atoms with Gasteiger partial charge in [-0.2, -0.15) is 0 Å². The van der Waals surface area contributed by atoms with E-state index in [1.165, 1.54) is 0 Å². The minimum absolute atomic E-state index is 0.236. The molecule has 6 heteroatoms. The predicted octanol–water partition coefficient (Wildman–Crippen LogP) is 5.46. The van der Waals surface area contributed by atoms with Gasteiger partial charge in [-0.1, -0.05) is 40.0 Å². The van der Waals surface area contributed by atoms with Crippen LogP contribution in [0.25, 0.3) is 22.6 Å². The summed E-state index contributed by atoms with van der Waals surface area (Å²) in [6, 6.07) is 12.1. The lowest BCUT2D eigenvalue weighted by Crippen LogP contribution is -1.90. The highest BCUT2D eigenvalue weighted by Gasteiger charge is 2.20. The number of hydrogen-bond donors (Lipinski definition) is 1. The lowest BCUT2D eigenvalue weighted by Gasteiger charge is -2.04. The van der Waals surface area contributed by atoms with Crippen molar-refractivity contribution in [3.8, 4) is 22.6 Å². The zero-order valence-electron chi connectivity index (χ0n) is 11.2. The van der Waals surface area contributed by atoms with Crippen LogP contribution in [0.5, 0.6) is 0 Å². The Balaban J connectivity index is 2.15. The summed E-state index contributed by atoms with van der Waals surface area (Å²) in [7, 11) is 0. The third kappa shape index (κ3) is 2.85. The number of aliphatic hydroxyl groups is 1. The largest absolute Gasteiger partial charge is 0.391 e. The van der Waals surface area contributed by atoms with Gasteiger partial charge in [0, 0.05) is 21.2 Å². The van der Waals surface area contributed by atoms with E-state index in [0.29, 0.717) is 37.6 Å². The Bertz CT molecular complexity index is 813. The third-order valence-electron chi connectivity index (χ3n) is 3.24. The Labute approximate surface area is 142 Å². The Morgan fingerprint density at radius 3 is 2.32 bits per heavy atom. The molecule has 112 valence electrons. The number of halogens is 3. The first-order valence-electron chi connectivity index (χ1n) is 6.41. The zero-order valence-corrected chi connectivity index (χ0v) is 13.5. The fourth-order valence-electron chi connectivity index (χ4n) is 2.17. The van der Waals surface area contributed by atoms with Crippen molar-refractivity contribution in [2.45, 2.75) is 6.61 Å². The second-order valence-corrected chi connectivity index (χ2v) is 5.91. The maximum Gasteiger partial charge on any atom is 0.173 e. The normalized spacial score (nSPS) is 10.9. The number of rotatable bonds is 3. The van der Waals surface area contributed by atoms with Crippen molar-refractivity contribution >= 4 is 34.8 Å². The molecule has 0 aliphatic rings. The van der Waals surface area contributed by atoms with E-state index in [1.807, 2.05) is 0 Å². The van der Waals surface area contributed by atoms with E-state index in [0.717, 1.165) is 5.56 Å². The lowest BCUT2D eigenvalue weighted by molar-refractivity contribution is 0.281.